The Labute approximate surface area is 111 Å². The van der Waals surface area contributed by atoms with E-state index >= 15 is 0 Å². The van der Waals surface area contributed by atoms with Crippen molar-refractivity contribution in [1.82, 2.24) is 15.2 Å². The lowest BCUT2D eigenvalue weighted by atomic mass is 10.1. The summed E-state index contributed by atoms with van der Waals surface area (Å²) in [5.41, 5.74) is 7.81. The number of nitrogens with one attached hydrogen (secondary N) is 2. The Morgan fingerprint density at radius 1 is 1.47 bits per heavy atom. The molecule has 100 valence electrons. The fourth-order valence-electron chi connectivity index (χ4n) is 1.83. The molecule has 0 saturated heterocycles. The van der Waals surface area contributed by atoms with Crippen molar-refractivity contribution < 1.29 is 4.79 Å². The quantitative estimate of drug-likeness (QED) is 0.416. The van der Waals surface area contributed by atoms with E-state index in [2.05, 4.69) is 20.5 Å². The molecule has 0 bridgehead atoms. The molecule has 6 nitrogen and oxygen atoms in total. The van der Waals surface area contributed by atoms with Crippen molar-refractivity contribution in [2.45, 2.75) is 19.8 Å². The highest BCUT2D eigenvalue weighted by atomic mass is 16.1. The Kier molecular flexibility index (Phi) is 4.12. The monoisotopic (exact) mass is 259 g/mol. The molecule has 0 spiro atoms. The fourth-order valence-corrected chi connectivity index (χ4v) is 1.83. The second-order valence-electron chi connectivity index (χ2n) is 4.32. The number of nitrogen functional groups attached to an aromatic ring is 1. The second-order valence-corrected chi connectivity index (χ2v) is 4.32. The van der Waals surface area contributed by atoms with Crippen LogP contribution in [0.3, 0.4) is 0 Å². The Balaban J connectivity index is 1.83. The van der Waals surface area contributed by atoms with Crippen molar-refractivity contribution in [3.8, 4) is 0 Å². The molecule has 1 aromatic heterocycles. The highest BCUT2D eigenvalue weighted by Crippen LogP contribution is 2.18. The van der Waals surface area contributed by atoms with Crippen LogP contribution < -0.4 is 11.1 Å². The van der Waals surface area contributed by atoms with E-state index < -0.39 is 0 Å². The van der Waals surface area contributed by atoms with E-state index in [0.29, 0.717) is 11.3 Å². The molecule has 2 aromatic rings. The molecule has 0 saturated carbocycles. The molecule has 19 heavy (non-hydrogen) atoms. The number of nitrogens with two attached hydrogens (primary N) is 1. The average Bonchev–Trinajstić information content (AvgIpc) is 2.87. The van der Waals surface area contributed by atoms with Crippen LogP contribution in [-0.2, 0) is 6.42 Å². The number of aromatic amines is 1. The van der Waals surface area contributed by atoms with E-state index in [4.69, 9.17) is 5.73 Å². The molecule has 0 radical (unpaired) electrons. The summed E-state index contributed by atoms with van der Waals surface area (Å²) < 4.78 is 0. The van der Waals surface area contributed by atoms with Gasteiger partial charge in [0.05, 0.1) is 0 Å². The molecule has 2 rings (SSSR count). The van der Waals surface area contributed by atoms with E-state index in [0.717, 1.165) is 30.9 Å². The number of Topliss-reactive ketones (excluding diaryl/α,β-unsaturated/α-hetero) is 1. The number of carbonyl (C=O) groups is 1. The number of anilines is 2. The van der Waals surface area contributed by atoms with E-state index in [1.54, 1.807) is 12.1 Å². The molecule has 4 N–H and O–H groups in total. The van der Waals surface area contributed by atoms with Gasteiger partial charge in [-0.25, -0.2) is 4.98 Å². The van der Waals surface area contributed by atoms with Gasteiger partial charge in [-0.1, -0.05) is 0 Å². The maximum Gasteiger partial charge on any atom is 0.161 e. The summed E-state index contributed by atoms with van der Waals surface area (Å²) in [5, 5.41) is 9.87. The topological polar surface area (TPSA) is 96.7 Å². The third kappa shape index (κ3) is 3.54. The maximum absolute atomic E-state index is 11.3. The van der Waals surface area contributed by atoms with Crippen LogP contribution in [0.1, 0.15) is 29.5 Å². The Morgan fingerprint density at radius 2 is 2.32 bits per heavy atom. The first kappa shape index (κ1) is 13.1. The Bertz CT molecular complexity index is 550. The van der Waals surface area contributed by atoms with Crippen LogP contribution in [0, 0.1) is 0 Å². The SMILES string of the molecule is CC(=O)c1ccc(NCCCc2ncn[nH]2)cc1N. The first-order chi connectivity index (χ1) is 9.16. The lowest BCUT2D eigenvalue weighted by molar-refractivity contribution is 0.101. The molecule has 1 aromatic carbocycles. The molecule has 1 heterocycles. The lowest BCUT2D eigenvalue weighted by Crippen LogP contribution is -2.06. The lowest BCUT2D eigenvalue weighted by Gasteiger charge is -2.08. The minimum absolute atomic E-state index is 0.0191. The molecule has 0 atom stereocenters. The zero-order valence-corrected chi connectivity index (χ0v) is 10.8. The standard InChI is InChI=1S/C13H17N5O/c1-9(19)11-5-4-10(7-12(11)14)15-6-2-3-13-16-8-17-18-13/h4-5,7-8,15H,2-3,6,14H2,1H3,(H,16,17,18). The van der Waals surface area contributed by atoms with Gasteiger partial charge in [-0.2, -0.15) is 5.10 Å². The van der Waals surface area contributed by atoms with E-state index in [1.807, 2.05) is 6.07 Å². The molecule has 0 fully saturated rings. The predicted molar refractivity (Wildman–Crippen MR) is 74.1 cm³/mol. The molecule has 0 amide bonds. The van der Waals surface area contributed by atoms with Gasteiger partial charge in [0.15, 0.2) is 5.78 Å². The number of rotatable bonds is 6. The highest BCUT2D eigenvalue weighted by Gasteiger charge is 2.05. The summed E-state index contributed by atoms with van der Waals surface area (Å²) in [6.45, 7) is 2.32. The van der Waals surface area contributed by atoms with Crippen LogP contribution in [-0.4, -0.2) is 27.5 Å². The zero-order chi connectivity index (χ0) is 13.7. The molecular weight excluding hydrogens is 242 g/mol. The van der Waals surface area contributed by atoms with Gasteiger partial charge in [-0.15, -0.1) is 0 Å². The van der Waals surface area contributed by atoms with Crippen LogP contribution in [0.4, 0.5) is 11.4 Å². The maximum atomic E-state index is 11.3. The number of carbonyl (C=O) groups excluding carboxylic acids is 1. The van der Waals surface area contributed by atoms with E-state index in [-0.39, 0.29) is 5.78 Å². The minimum Gasteiger partial charge on any atom is -0.398 e. The van der Waals surface area contributed by atoms with Gasteiger partial charge in [0.1, 0.15) is 12.2 Å². The predicted octanol–water partition coefficient (Wildman–Crippen LogP) is 1.63. The molecule has 6 heteroatoms. The number of ketones is 1. The van der Waals surface area contributed by atoms with Crippen LogP contribution in [0.15, 0.2) is 24.5 Å². The Morgan fingerprint density at radius 3 is 2.95 bits per heavy atom. The Hall–Kier alpha value is -2.37. The van der Waals surface area contributed by atoms with Crippen LogP contribution in [0.2, 0.25) is 0 Å². The van der Waals surface area contributed by atoms with Crippen molar-refractivity contribution in [3.05, 3.63) is 35.9 Å². The van der Waals surface area contributed by atoms with Crippen molar-refractivity contribution in [2.24, 2.45) is 0 Å². The van der Waals surface area contributed by atoms with Crippen molar-refractivity contribution in [2.75, 3.05) is 17.6 Å². The first-order valence-corrected chi connectivity index (χ1v) is 6.15. The highest BCUT2D eigenvalue weighted by molar-refractivity contribution is 5.99. The van der Waals surface area contributed by atoms with Gasteiger partial charge in [0, 0.05) is 29.9 Å². The number of aryl methyl sites for hydroxylation is 1. The number of H-pyrrole nitrogens is 1. The largest absolute Gasteiger partial charge is 0.398 e. The third-order valence-corrected chi connectivity index (χ3v) is 2.82. The number of hydrogen-bond donors (Lipinski definition) is 3. The van der Waals surface area contributed by atoms with Crippen LogP contribution >= 0.6 is 0 Å². The van der Waals surface area contributed by atoms with Crippen LogP contribution in [0.5, 0.6) is 0 Å². The first-order valence-electron chi connectivity index (χ1n) is 6.15. The van der Waals surface area contributed by atoms with Crippen molar-refractivity contribution >= 4 is 17.2 Å². The van der Waals surface area contributed by atoms with Gasteiger partial charge in [-0.3, -0.25) is 9.89 Å². The summed E-state index contributed by atoms with van der Waals surface area (Å²) in [6.07, 6.45) is 3.28. The number of aromatic nitrogens is 3. The average molecular weight is 259 g/mol. The van der Waals surface area contributed by atoms with Gasteiger partial charge >= 0.3 is 0 Å². The summed E-state index contributed by atoms with van der Waals surface area (Å²) in [5.74, 6) is 0.864. The van der Waals surface area contributed by atoms with Gasteiger partial charge in [0.25, 0.3) is 0 Å². The molecule has 0 aliphatic heterocycles. The zero-order valence-electron chi connectivity index (χ0n) is 10.8. The summed E-state index contributed by atoms with van der Waals surface area (Å²) >= 11 is 0. The summed E-state index contributed by atoms with van der Waals surface area (Å²) in [4.78, 5) is 15.3. The van der Waals surface area contributed by atoms with E-state index in [9.17, 15) is 4.79 Å². The van der Waals surface area contributed by atoms with Crippen LogP contribution in [0.25, 0.3) is 0 Å². The van der Waals surface area contributed by atoms with Crippen molar-refractivity contribution in [1.29, 1.82) is 0 Å². The van der Waals surface area contributed by atoms with E-state index in [1.165, 1.54) is 13.3 Å². The normalized spacial score (nSPS) is 10.4. The number of benzene rings is 1. The van der Waals surface area contributed by atoms with Crippen molar-refractivity contribution in [3.63, 3.8) is 0 Å². The van der Waals surface area contributed by atoms with Gasteiger partial charge in [-0.05, 0) is 31.5 Å². The third-order valence-electron chi connectivity index (χ3n) is 2.82. The summed E-state index contributed by atoms with van der Waals surface area (Å²) in [7, 11) is 0. The minimum atomic E-state index is -0.0191. The summed E-state index contributed by atoms with van der Waals surface area (Å²) in [6, 6.07) is 5.39. The molecule has 0 unspecified atom stereocenters. The van der Waals surface area contributed by atoms with Gasteiger partial charge < -0.3 is 11.1 Å². The second kappa shape index (κ2) is 5.99. The number of nitrogens with zero attached hydrogens (tertiary/aromatic N) is 2. The molecular formula is C13H17N5O. The molecule has 0 aliphatic carbocycles. The smallest absolute Gasteiger partial charge is 0.161 e. The number of hydrogen-bond acceptors (Lipinski definition) is 5. The fraction of sp³-hybridized carbons (Fsp3) is 0.308. The molecule has 0 aliphatic rings. The van der Waals surface area contributed by atoms with Gasteiger partial charge in [0.2, 0.25) is 0 Å².